The highest BCUT2D eigenvalue weighted by atomic mass is 35.5. The van der Waals surface area contributed by atoms with Crippen LogP contribution in [0.5, 0.6) is 5.75 Å². The monoisotopic (exact) mass is 317 g/mol. The smallest absolute Gasteiger partial charge is 0.258 e. The number of carbonyl (C=O) groups excluding carboxylic acids is 1. The van der Waals surface area contributed by atoms with Gasteiger partial charge in [0.25, 0.3) is 5.91 Å². The minimum atomic E-state index is -0.146. The lowest BCUT2D eigenvalue weighted by Crippen LogP contribution is -2.28. The summed E-state index contributed by atoms with van der Waals surface area (Å²) in [5.74, 6) is 0.609. The van der Waals surface area contributed by atoms with Gasteiger partial charge in [0, 0.05) is 11.6 Å². The van der Waals surface area contributed by atoms with Crippen molar-refractivity contribution in [3.05, 3.63) is 63.7 Å². The highest BCUT2D eigenvalue weighted by molar-refractivity contribution is 6.30. The second kappa shape index (κ2) is 7.32. The lowest BCUT2D eigenvalue weighted by molar-refractivity contribution is -0.123. The molecule has 1 N–H and O–H groups in total. The van der Waals surface area contributed by atoms with Gasteiger partial charge < -0.3 is 10.1 Å². The predicted octanol–water partition coefficient (Wildman–Crippen LogP) is 3.96. The highest BCUT2D eigenvalue weighted by Gasteiger charge is 2.06. The molecule has 0 radical (unpaired) electrons. The predicted molar refractivity (Wildman–Crippen MR) is 89.4 cm³/mol. The third-order valence-corrected chi connectivity index (χ3v) is 3.80. The van der Waals surface area contributed by atoms with E-state index in [4.69, 9.17) is 16.3 Å². The molecule has 116 valence electrons. The molecular weight excluding hydrogens is 298 g/mol. The third-order valence-electron chi connectivity index (χ3n) is 3.55. The van der Waals surface area contributed by atoms with E-state index in [0.29, 0.717) is 11.6 Å². The Hall–Kier alpha value is -2.00. The summed E-state index contributed by atoms with van der Waals surface area (Å²) in [5, 5.41) is 3.51. The van der Waals surface area contributed by atoms with Crippen molar-refractivity contribution in [1.29, 1.82) is 0 Å². The van der Waals surface area contributed by atoms with E-state index in [1.807, 2.05) is 32.0 Å². The molecule has 4 heteroatoms. The van der Waals surface area contributed by atoms with Crippen LogP contribution in [0.1, 0.15) is 22.3 Å². The molecule has 0 fully saturated rings. The Morgan fingerprint density at radius 1 is 1.05 bits per heavy atom. The molecule has 3 nitrogen and oxygen atoms in total. The molecule has 0 bridgehead atoms. The van der Waals surface area contributed by atoms with Crippen molar-refractivity contribution in [1.82, 2.24) is 5.32 Å². The van der Waals surface area contributed by atoms with Crippen molar-refractivity contribution in [3.8, 4) is 5.75 Å². The summed E-state index contributed by atoms with van der Waals surface area (Å²) in [7, 11) is 0. The SMILES string of the molecule is Cc1cc(C)c(OCC(=O)NCc2ccc(Cl)cc2)cc1C. The molecule has 0 unspecified atom stereocenters. The molecule has 2 aromatic carbocycles. The number of halogens is 1. The molecule has 0 saturated carbocycles. The van der Waals surface area contributed by atoms with Crippen LogP contribution in [0.4, 0.5) is 0 Å². The van der Waals surface area contributed by atoms with Crippen LogP contribution < -0.4 is 10.1 Å². The summed E-state index contributed by atoms with van der Waals surface area (Å²) in [5.41, 5.74) is 4.41. The zero-order chi connectivity index (χ0) is 16.1. The first kappa shape index (κ1) is 16.4. The Balaban J connectivity index is 1.85. The van der Waals surface area contributed by atoms with E-state index < -0.39 is 0 Å². The van der Waals surface area contributed by atoms with E-state index in [9.17, 15) is 4.79 Å². The number of rotatable bonds is 5. The van der Waals surface area contributed by atoms with Crippen molar-refractivity contribution in [2.75, 3.05) is 6.61 Å². The number of hydrogen-bond donors (Lipinski definition) is 1. The van der Waals surface area contributed by atoms with Gasteiger partial charge in [-0.15, -0.1) is 0 Å². The lowest BCUT2D eigenvalue weighted by Gasteiger charge is -2.12. The molecule has 0 aliphatic rings. The van der Waals surface area contributed by atoms with E-state index in [0.717, 1.165) is 22.4 Å². The van der Waals surface area contributed by atoms with Gasteiger partial charge >= 0.3 is 0 Å². The number of hydrogen-bond acceptors (Lipinski definition) is 2. The van der Waals surface area contributed by atoms with Crippen LogP contribution in [0.25, 0.3) is 0 Å². The van der Waals surface area contributed by atoms with E-state index >= 15 is 0 Å². The van der Waals surface area contributed by atoms with Gasteiger partial charge in [-0.2, -0.15) is 0 Å². The molecule has 0 spiro atoms. The van der Waals surface area contributed by atoms with Crippen molar-refractivity contribution in [2.45, 2.75) is 27.3 Å². The van der Waals surface area contributed by atoms with Crippen LogP contribution >= 0.6 is 11.6 Å². The Bertz CT molecular complexity index is 666. The first-order valence-electron chi connectivity index (χ1n) is 7.17. The Morgan fingerprint density at radius 3 is 2.36 bits per heavy atom. The average molecular weight is 318 g/mol. The summed E-state index contributed by atoms with van der Waals surface area (Å²) < 4.78 is 5.61. The van der Waals surface area contributed by atoms with Gasteiger partial charge in [0.15, 0.2) is 6.61 Å². The molecule has 2 rings (SSSR count). The second-order valence-corrected chi connectivity index (χ2v) is 5.83. The quantitative estimate of drug-likeness (QED) is 0.906. The maximum Gasteiger partial charge on any atom is 0.258 e. The van der Waals surface area contributed by atoms with Gasteiger partial charge in [0.1, 0.15) is 5.75 Å². The molecular formula is C18H20ClNO2. The number of aryl methyl sites for hydroxylation is 3. The fourth-order valence-electron chi connectivity index (χ4n) is 2.09. The van der Waals surface area contributed by atoms with Gasteiger partial charge in [-0.05, 0) is 61.2 Å². The molecule has 0 atom stereocenters. The van der Waals surface area contributed by atoms with E-state index in [2.05, 4.69) is 18.3 Å². The van der Waals surface area contributed by atoms with Crippen LogP contribution in [0.2, 0.25) is 5.02 Å². The number of benzene rings is 2. The van der Waals surface area contributed by atoms with Crippen LogP contribution in [0.3, 0.4) is 0 Å². The number of amides is 1. The first-order chi connectivity index (χ1) is 10.5. The molecule has 0 aliphatic heterocycles. The Morgan fingerprint density at radius 2 is 1.68 bits per heavy atom. The highest BCUT2D eigenvalue weighted by Crippen LogP contribution is 2.22. The van der Waals surface area contributed by atoms with E-state index in [-0.39, 0.29) is 12.5 Å². The topological polar surface area (TPSA) is 38.3 Å². The molecule has 0 aromatic heterocycles. The van der Waals surface area contributed by atoms with Crippen molar-refractivity contribution >= 4 is 17.5 Å². The normalized spacial score (nSPS) is 10.4. The molecule has 2 aromatic rings. The standard InChI is InChI=1S/C18H20ClNO2/c1-12-8-14(3)17(9-13(12)2)22-11-18(21)20-10-15-4-6-16(19)7-5-15/h4-9H,10-11H2,1-3H3,(H,20,21). The summed E-state index contributed by atoms with van der Waals surface area (Å²) in [4.78, 5) is 11.9. The van der Waals surface area contributed by atoms with Gasteiger partial charge in [-0.1, -0.05) is 29.8 Å². The Labute approximate surface area is 136 Å². The lowest BCUT2D eigenvalue weighted by atomic mass is 10.1. The van der Waals surface area contributed by atoms with Crippen LogP contribution in [-0.2, 0) is 11.3 Å². The van der Waals surface area contributed by atoms with Crippen molar-refractivity contribution in [2.24, 2.45) is 0 Å². The summed E-state index contributed by atoms with van der Waals surface area (Å²) >= 11 is 5.82. The van der Waals surface area contributed by atoms with Gasteiger partial charge in [-0.3, -0.25) is 4.79 Å². The first-order valence-corrected chi connectivity index (χ1v) is 7.55. The van der Waals surface area contributed by atoms with Crippen molar-refractivity contribution in [3.63, 3.8) is 0 Å². The zero-order valence-corrected chi connectivity index (χ0v) is 13.8. The fourth-order valence-corrected chi connectivity index (χ4v) is 2.21. The molecule has 1 amide bonds. The van der Waals surface area contributed by atoms with E-state index in [1.165, 1.54) is 5.56 Å². The minimum Gasteiger partial charge on any atom is -0.483 e. The number of ether oxygens (including phenoxy) is 1. The number of nitrogens with one attached hydrogen (secondary N) is 1. The molecule has 0 aliphatic carbocycles. The van der Waals surface area contributed by atoms with Gasteiger partial charge in [0.05, 0.1) is 0 Å². The Kier molecular flexibility index (Phi) is 5.45. The largest absolute Gasteiger partial charge is 0.483 e. The fraction of sp³-hybridized carbons (Fsp3) is 0.278. The summed E-state index contributed by atoms with van der Waals surface area (Å²) in [6.07, 6.45) is 0. The molecule has 22 heavy (non-hydrogen) atoms. The molecule has 0 heterocycles. The van der Waals surface area contributed by atoms with Crippen molar-refractivity contribution < 1.29 is 9.53 Å². The summed E-state index contributed by atoms with van der Waals surface area (Å²) in [6, 6.07) is 11.4. The maximum absolute atomic E-state index is 11.9. The molecule has 0 saturated heterocycles. The summed E-state index contributed by atoms with van der Waals surface area (Å²) in [6.45, 7) is 6.54. The van der Waals surface area contributed by atoms with Crippen LogP contribution in [0.15, 0.2) is 36.4 Å². The zero-order valence-electron chi connectivity index (χ0n) is 13.1. The average Bonchev–Trinajstić information content (AvgIpc) is 2.49. The van der Waals surface area contributed by atoms with Crippen LogP contribution in [-0.4, -0.2) is 12.5 Å². The van der Waals surface area contributed by atoms with Crippen LogP contribution in [0, 0.1) is 20.8 Å². The van der Waals surface area contributed by atoms with E-state index in [1.54, 1.807) is 12.1 Å². The number of carbonyl (C=O) groups is 1. The maximum atomic E-state index is 11.9. The minimum absolute atomic E-state index is 0.0108. The van der Waals surface area contributed by atoms with Gasteiger partial charge in [-0.25, -0.2) is 0 Å². The van der Waals surface area contributed by atoms with Gasteiger partial charge in [0.2, 0.25) is 0 Å². The third kappa shape index (κ3) is 4.50. The second-order valence-electron chi connectivity index (χ2n) is 5.39.